The molecule has 2 heterocycles. The molecule has 1 aromatic carbocycles. The number of amides is 1. The normalized spacial score (nSPS) is 17.0. The molecule has 1 saturated heterocycles. The van der Waals surface area contributed by atoms with Gasteiger partial charge in [-0.15, -0.1) is 10.2 Å². The van der Waals surface area contributed by atoms with Crippen LogP contribution in [0, 0.1) is 5.92 Å². The molecule has 1 aromatic heterocycles. The predicted molar refractivity (Wildman–Crippen MR) is 114 cm³/mol. The van der Waals surface area contributed by atoms with Crippen LogP contribution in [0.15, 0.2) is 41.7 Å². The summed E-state index contributed by atoms with van der Waals surface area (Å²) in [7, 11) is 1.76. The molecule has 0 aliphatic carbocycles. The molecule has 156 valence electrons. The van der Waals surface area contributed by atoms with Crippen LogP contribution < -0.4 is 10.6 Å². The molecular weight excluding hydrogens is 366 g/mol. The minimum Gasteiger partial charge on any atom is -0.356 e. The minimum atomic E-state index is 0.246. The Morgan fingerprint density at radius 3 is 2.83 bits per heavy atom. The van der Waals surface area contributed by atoms with E-state index in [-0.39, 0.29) is 5.91 Å². The molecule has 0 bridgehead atoms. The van der Waals surface area contributed by atoms with E-state index in [1.165, 1.54) is 5.56 Å². The number of aryl methyl sites for hydroxylation is 1. The van der Waals surface area contributed by atoms with Gasteiger partial charge in [0.25, 0.3) is 0 Å². The fourth-order valence-corrected chi connectivity index (χ4v) is 3.61. The average Bonchev–Trinajstić information content (AvgIpc) is 3.35. The standard InChI is InChI=1S/C21H31N7O/c1-3-19-26-25-16-28(19)12-10-23-21(22-2)24-14-18-13-20(29)27(15-18)11-9-17-7-5-4-6-8-17/h4-8,16,18H,3,9-15H2,1-2H3,(H2,22,23,24). The SMILES string of the molecule is CCc1nncn1CCNC(=NC)NCC1CC(=O)N(CCc2ccccc2)C1. The molecule has 2 N–H and O–H groups in total. The molecule has 29 heavy (non-hydrogen) atoms. The molecule has 1 aliphatic rings. The Labute approximate surface area is 172 Å². The Kier molecular flexibility index (Phi) is 7.61. The molecular formula is C21H31N7O. The van der Waals surface area contributed by atoms with Gasteiger partial charge in [0.1, 0.15) is 12.2 Å². The lowest BCUT2D eigenvalue weighted by Crippen LogP contribution is -2.41. The maximum atomic E-state index is 12.3. The van der Waals surface area contributed by atoms with Crippen molar-refractivity contribution in [2.24, 2.45) is 10.9 Å². The second kappa shape index (κ2) is 10.6. The van der Waals surface area contributed by atoms with Gasteiger partial charge in [0.05, 0.1) is 0 Å². The van der Waals surface area contributed by atoms with Crippen LogP contribution in [0.5, 0.6) is 0 Å². The topological polar surface area (TPSA) is 87.4 Å². The monoisotopic (exact) mass is 397 g/mol. The first kappa shape index (κ1) is 20.8. The van der Waals surface area contributed by atoms with Gasteiger partial charge in [-0.05, 0) is 12.0 Å². The summed E-state index contributed by atoms with van der Waals surface area (Å²) in [5.74, 6) is 2.29. The van der Waals surface area contributed by atoms with Gasteiger partial charge in [-0.3, -0.25) is 9.79 Å². The lowest BCUT2D eigenvalue weighted by atomic mass is 10.1. The van der Waals surface area contributed by atoms with Crippen LogP contribution >= 0.6 is 0 Å². The second-order valence-corrected chi connectivity index (χ2v) is 7.32. The first-order valence-electron chi connectivity index (χ1n) is 10.3. The zero-order chi connectivity index (χ0) is 20.5. The van der Waals surface area contributed by atoms with Crippen molar-refractivity contribution in [2.45, 2.75) is 32.7 Å². The summed E-state index contributed by atoms with van der Waals surface area (Å²) in [6, 6.07) is 10.3. The third-order valence-electron chi connectivity index (χ3n) is 5.25. The first-order chi connectivity index (χ1) is 14.2. The van der Waals surface area contributed by atoms with Gasteiger partial charge in [0, 0.05) is 58.5 Å². The Morgan fingerprint density at radius 2 is 2.07 bits per heavy atom. The zero-order valence-corrected chi connectivity index (χ0v) is 17.3. The fraction of sp³-hybridized carbons (Fsp3) is 0.524. The summed E-state index contributed by atoms with van der Waals surface area (Å²) in [6.07, 6.45) is 4.12. The molecule has 2 aromatic rings. The summed E-state index contributed by atoms with van der Waals surface area (Å²) in [6.45, 7) is 5.91. The molecule has 0 radical (unpaired) electrons. The van der Waals surface area contributed by atoms with Crippen molar-refractivity contribution < 1.29 is 4.79 Å². The molecule has 1 fully saturated rings. The minimum absolute atomic E-state index is 0.246. The molecule has 1 atom stereocenters. The Balaban J connectivity index is 1.37. The van der Waals surface area contributed by atoms with Crippen LogP contribution in [-0.2, 0) is 24.2 Å². The lowest BCUT2D eigenvalue weighted by molar-refractivity contribution is -0.127. The number of hydrogen-bond donors (Lipinski definition) is 2. The Morgan fingerprint density at radius 1 is 1.24 bits per heavy atom. The van der Waals surface area contributed by atoms with Crippen LogP contribution in [0.2, 0.25) is 0 Å². The quantitative estimate of drug-likeness (QED) is 0.489. The molecule has 1 amide bonds. The van der Waals surface area contributed by atoms with E-state index in [2.05, 4.69) is 44.9 Å². The molecule has 0 spiro atoms. The van der Waals surface area contributed by atoms with Crippen LogP contribution in [-0.4, -0.2) is 64.8 Å². The van der Waals surface area contributed by atoms with Crippen molar-refractivity contribution in [1.29, 1.82) is 0 Å². The van der Waals surface area contributed by atoms with Gasteiger partial charge in [-0.2, -0.15) is 0 Å². The summed E-state index contributed by atoms with van der Waals surface area (Å²) < 4.78 is 2.04. The van der Waals surface area contributed by atoms with E-state index in [0.29, 0.717) is 12.3 Å². The molecule has 1 unspecified atom stereocenters. The smallest absolute Gasteiger partial charge is 0.223 e. The van der Waals surface area contributed by atoms with E-state index in [1.807, 2.05) is 27.7 Å². The number of carbonyl (C=O) groups is 1. The third kappa shape index (κ3) is 6.04. The van der Waals surface area contributed by atoms with Gasteiger partial charge >= 0.3 is 0 Å². The van der Waals surface area contributed by atoms with Gasteiger partial charge < -0.3 is 20.1 Å². The van der Waals surface area contributed by atoms with E-state index < -0.39 is 0 Å². The van der Waals surface area contributed by atoms with Gasteiger partial charge in [0.2, 0.25) is 5.91 Å². The number of nitrogens with one attached hydrogen (secondary N) is 2. The largest absolute Gasteiger partial charge is 0.356 e. The first-order valence-corrected chi connectivity index (χ1v) is 10.3. The number of aliphatic imine (C=N–C) groups is 1. The molecule has 1 aliphatic heterocycles. The van der Waals surface area contributed by atoms with Crippen LogP contribution in [0.25, 0.3) is 0 Å². The van der Waals surface area contributed by atoms with E-state index in [9.17, 15) is 4.79 Å². The van der Waals surface area contributed by atoms with Crippen molar-refractivity contribution in [2.75, 3.05) is 33.2 Å². The second-order valence-electron chi connectivity index (χ2n) is 7.32. The Bertz CT molecular complexity index is 802. The van der Waals surface area contributed by atoms with Crippen LogP contribution in [0.1, 0.15) is 24.7 Å². The maximum absolute atomic E-state index is 12.3. The van der Waals surface area contributed by atoms with Crippen molar-refractivity contribution in [1.82, 2.24) is 30.3 Å². The van der Waals surface area contributed by atoms with Gasteiger partial charge in [0.15, 0.2) is 5.96 Å². The van der Waals surface area contributed by atoms with Crippen molar-refractivity contribution in [3.05, 3.63) is 48.0 Å². The summed E-state index contributed by atoms with van der Waals surface area (Å²) >= 11 is 0. The number of benzene rings is 1. The number of aromatic nitrogens is 3. The summed E-state index contributed by atoms with van der Waals surface area (Å²) in [5.41, 5.74) is 1.27. The highest BCUT2D eigenvalue weighted by Crippen LogP contribution is 2.17. The highest BCUT2D eigenvalue weighted by molar-refractivity contribution is 5.80. The van der Waals surface area contributed by atoms with E-state index in [4.69, 9.17) is 0 Å². The van der Waals surface area contributed by atoms with Crippen molar-refractivity contribution in [3.63, 3.8) is 0 Å². The number of carbonyl (C=O) groups excluding carboxylic acids is 1. The Hall–Kier alpha value is -2.90. The van der Waals surface area contributed by atoms with Crippen molar-refractivity contribution in [3.8, 4) is 0 Å². The fourth-order valence-electron chi connectivity index (χ4n) is 3.61. The molecule has 3 rings (SSSR count). The van der Waals surface area contributed by atoms with Crippen LogP contribution in [0.4, 0.5) is 0 Å². The highest BCUT2D eigenvalue weighted by atomic mass is 16.2. The molecule has 8 heteroatoms. The van der Waals surface area contributed by atoms with Crippen LogP contribution in [0.3, 0.4) is 0 Å². The average molecular weight is 398 g/mol. The maximum Gasteiger partial charge on any atom is 0.223 e. The number of rotatable bonds is 9. The third-order valence-corrected chi connectivity index (χ3v) is 5.25. The van der Waals surface area contributed by atoms with E-state index in [0.717, 1.165) is 57.3 Å². The highest BCUT2D eigenvalue weighted by Gasteiger charge is 2.29. The number of hydrogen-bond acceptors (Lipinski definition) is 4. The number of guanidine groups is 1. The van der Waals surface area contributed by atoms with E-state index >= 15 is 0 Å². The zero-order valence-electron chi connectivity index (χ0n) is 17.3. The predicted octanol–water partition coefficient (Wildman–Crippen LogP) is 1.10. The molecule has 0 saturated carbocycles. The van der Waals surface area contributed by atoms with E-state index in [1.54, 1.807) is 13.4 Å². The van der Waals surface area contributed by atoms with Gasteiger partial charge in [-0.25, -0.2) is 0 Å². The summed E-state index contributed by atoms with van der Waals surface area (Å²) in [4.78, 5) is 18.6. The summed E-state index contributed by atoms with van der Waals surface area (Å²) in [5, 5.41) is 14.7. The number of likely N-dealkylation sites (tertiary alicyclic amines) is 1. The van der Waals surface area contributed by atoms with Gasteiger partial charge in [-0.1, -0.05) is 37.3 Å². The lowest BCUT2D eigenvalue weighted by Gasteiger charge is -2.18. The number of nitrogens with zero attached hydrogens (tertiary/aromatic N) is 5. The van der Waals surface area contributed by atoms with Crippen molar-refractivity contribution >= 4 is 11.9 Å². The molecule has 8 nitrogen and oxygen atoms in total.